The molecule has 0 heterocycles. The predicted octanol–water partition coefficient (Wildman–Crippen LogP) is 0.838. The highest BCUT2D eigenvalue weighted by molar-refractivity contribution is 7.89. The van der Waals surface area contributed by atoms with Gasteiger partial charge < -0.3 is 14.6 Å². The molecule has 0 amide bonds. The molecule has 0 spiro atoms. The molecule has 20 heavy (non-hydrogen) atoms. The molecule has 0 atom stereocenters. The summed E-state index contributed by atoms with van der Waals surface area (Å²) in [6, 6.07) is 3.44. The standard InChI is InChI=1S/C12H17NO6S/c1-2-5-18-6-7-19-11-4-3-9(20(13,16)17)8-10(11)12(14)15/h3-4,8H,2,5-7H2,1H3,(H,14,15)(H2,13,16,17). The maximum Gasteiger partial charge on any atom is 0.339 e. The van der Waals surface area contributed by atoms with Gasteiger partial charge in [-0.05, 0) is 24.6 Å². The second kappa shape index (κ2) is 7.22. The highest BCUT2D eigenvalue weighted by Crippen LogP contribution is 2.22. The van der Waals surface area contributed by atoms with Crippen LogP contribution in [0.2, 0.25) is 0 Å². The van der Waals surface area contributed by atoms with Crippen molar-refractivity contribution in [1.82, 2.24) is 0 Å². The number of rotatable bonds is 8. The Kier molecular flexibility index (Phi) is 5.93. The monoisotopic (exact) mass is 303 g/mol. The average molecular weight is 303 g/mol. The van der Waals surface area contributed by atoms with Gasteiger partial charge in [-0.1, -0.05) is 6.92 Å². The number of ether oxygens (including phenoxy) is 2. The molecule has 7 nitrogen and oxygen atoms in total. The third-order valence-electron chi connectivity index (χ3n) is 2.34. The number of benzene rings is 1. The van der Waals surface area contributed by atoms with Crippen LogP contribution in [0.5, 0.6) is 5.75 Å². The first kappa shape index (κ1) is 16.4. The quantitative estimate of drug-likeness (QED) is 0.687. The van der Waals surface area contributed by atoms with Crippen molar-refractivity contribution in [1.29, 1.82) is 0 Å². The van der Waals surface area contributed by atoms with Gasteiger partial charge in [0, 0.05) is 6.61 Å². The number of carboxylic acids is 1. The Morgan fingerprint density at radius 1 is 1.30 bits per heavy atom. The van der Waals surface area contributed by atoms with Crippen LogP contribution >= 0.6 is 0 Å². The van der Waals surface area contributed by atoms with Crippen molar-refractivity contribution in [2.75, 3.05) is 19.8 Å². The van der Waals surface area contributed by atoms with E-state index in [2.05, 4.69) is 0 Å². The van der Waals surface area contributed by atoms with E-state index in [0.717, 1.165) is 12.5 Å². The average Bonchev–Trinajstić information content (AvgIpc) is 2.37. The molecule has 0 bridgehead atoms. The van der Waals surface area contributed by atoms with Crippen LogP contribution in [0.15, 0.2) is 23.1 Å². The van der Waals surface area contributed by atoms with E-state index in [4.69, 9.17) is 19.7 Å². The molecule has 3 N–H and O–H groups in total. The SMILES string of the molecule is CCCOCCOc1ccc(S(N)(=O)=O)cc1C(=O)O. The number of nitrogens with two attached hydrogens (primary N) is 1. The van der Waals surface area contributed by atoms with Crippen molar-refractivity contribution in [2.45, 2.75) is 18.2 Å². The highest BCUT2D eigenvalue weighted by Gasteiger charge is 2.16. The lowest BCUT2D eigenvalue weighted by Crippen LogP contribution is -2.14. The molecule has 0 aliphatic heterocycles. The maximum absolute atomic E-state index is 11.2. The van der Waals surface area contributed by atoms with Gasteiger partial charge >= 0.3 is 5.97 Å². The Labute approximate surface area is 117 Å². The summed E-state index contributed by atoms with van der Waals surface area (Å²) >= 11 is 0. The minimum atomic E-state index is -3.95. The van der Waals surface area contributed by atoms with Crippen LogP contribution < -0.4 is 9.88 Å². The summed E-state index contributed by atoms with van der Waals surface area (Å²) in [5.74, 6) is -1.22. The number of sulfonamides is 1. The number of carboxylic acid groups (broad SMARTS) is 1. The number of carbonyl (C=O) groups is 1. The van der Waals surface area contributed by atoms with Crippen molar-refractivity contribution in [2.24, 2.45) is 5.14 Å². The van der Waals surface area contributed by atoms with E-state index in [0.29, 0.717) is 13.2 Å². The Hall–Kier alpha value is -1.64. The van der Waals surface area contributed by atoms with E-state index in [1.807, 2.05) is 6.92 Å². The molecule has 1 aromatic rings. The van der Waals surface area contributed by atoms with Crippen molar-refractivity contribution in [3.63, 3.8) is 0 Å². The van der Waals surface area contributed by atoms with Crippen LogP contribution in [0, 0.1) is 0 Å². The number of primary sulfonamides is 1. The van der Waals surface area contributed by atoms with Gasteiger partial charge in [0.2, 0.25) is 10.0 Å². The fourth-order valence-corrected chi connectivity index (χ4v) is 1.98. The Morgan fingerprint density at radius 2 is 2.00 bits per heavy atom. The molecule has 0 aliphatic carbocycles. The van der Waals surface area contributed by atoms with Gasteiger partial charge in [-0.15, -0.1) is 0 Å². The van der Waals surface area contributed by atoms with Gasteiger partial charge in [-0.2, -0.15) is 0 Å². The van der Waals surface area contributed by atoms with Crippen LogP contribution in [0.3, 0.4) is 0 Å². The minimum absolute atomic E-state index is 0.0741. The van der Waals surface area contributed by atoms with Gasteiger partial charge in [0.05, 0.1) is 11.5 Å². The summed E-state index contributed by atoms with van der Waals surface area (Å²) in [4.78, 5) is 10.8. The first-order valence-electron chi connectivity index (χ1n) is 5.97. The summed E-state index contributed by atoms with van der Waals surface area (Å²) in [5, 5.41) is 14.0. The Morgan fingerprint density at radius 3 is 2.55 bits per heavy atom. The zero-order chi connectivity index (χ0) is 15.2. The van der Waals surface area contributed by atoms with Gasteiger partial charge in [0.1, 0.15) is 17.9 Å². The maximum atomic E-state index is 11.2. The molecule has 0 fully saturated rings. The topological polar surface area (TPSA) is 116 Å². The third kappa shape index (κ3) is 4.80. The van der Waals surface area contributed by atoms with Crippen molar-refractivity contribution in [3.05, 3.63) is 23.8 Å². The van der Waals surface area contributed by atoms with Gasteiger partial charge in [0.15, 0.2) is 0 Å². The van der Waals surface area contributed by atoms with Gasteiger partial charge in [0.25, 0.3) is 0 Å². The van der Waals surface area contributed by atoms with Crippen LogP contribution in [-0.4, -0.2) is 39.3 Å². The predicted molar refractivity (Wildman–Crippen MR) is 71.4 cm³/mol. The molecule has 0 saturated carbocycles. The van der Waals surface area contributed by atoms with E-state index >= 15 is 0 Å². The number of hydrogen-bond acceptors (Lipinski definition) is 5. The lowest BCUT2D eigenvalue weighted by Gasteiger charge is -2.10. The highest BCUT2D eigenvalue weighted by atomic mass is 32.2. The van der Waals surface area contributed by atoms with E-state index < -0.39 is 16.0 Å². The fraction of sp³-hybridized carbons (Fsp3) is 0.417. The normalized spacial score (nSPS) is 11.3. The fourth-order valence-electron chi connectivity index (χ4n) is 1.44. The van der Waals surface area contributed by atoms with Crippen molar-refractivity contribution in [3.8, 4) is 5.75 Å². The largest absolute Gasteiger partial charge is 0.490 e. The molecule has 112 valence electrons. The van der Waals surface area contributed by atoms with Crippen molar-refractivity contribution >= 4 is 16.0 Å². The Bertz CT molecular complexity index is 569. The first-order valence-corrected chi connectivity index (χ1v) is 7.51. The molecule has 0 saturated heterocycles. The number of aromatic carboxylic acids is 1. The summed E-state index contributed by atoms with van der Waals surface area (Å²) in [6.07, 6.45) is 0.878. The van der Waals surface area contributed by atoms with Gasteiger partial charge in [-0.3, -0.25) is 0 Å². The summed E-state index contributed by atoms with van der Waals surface area (Å²) in [7, 11) is -3.95. The van der Waals surface area contributed by atoms with E-state index in [9.17, 15) is 13.2 Å². The summed E-state index contributed by atoms with van der Waals surface area (Å²) < 4.78 is 32.8. The van der Waals surface area contributed by atoms with Crippen LogP contribution in [0.4, 0.5) is 0 Å². The van der Waals surface area contributed by atoms with Crippen LogP contribution in [0.1, 0.15) is 23.7 Å². The van der Waals surface area contributed by atoms with Crippen LogP contribution in [-0.2, 0) is 14.8 Å². The molecule has 0 radical (unpaired) electrons. The molecule has 1 rings (SSSR count). The van der Waals surface area contributed by atoms with Crippen molar-refractivity contribution < 1.29 is 27.8 Å². The summed E-state index contributed by atoms with van der Waals surface area (Å²) in [5.41, 5.74) is -0.257. The zero-order valence-electron chi connectivity index (χ0n) is 11.0. The Balaban J connectivity index is 2.83. The molecule has 1 aromatic carbocycles. The first-order chi connectivity index (χ1) is 9.36. The minimum Gasteiger partial charge on any atom is -0.490 e. The van der Waals surface area contributed by atoms with E-state index in [1.54, 1.807) is 0 Å². The molecular weight excluding hydrogens is 286 g/mol. The smallest absolute Gasteiger partial charge is 0.339 e. The lowest BCUT2D eigenvalue weighted by atomic mass is 10.2. The second-order valence-corrected chi connectivity index (χ2v) is 5.53. The van der Waals surface area contributed by atoms with E-state index in [-0.39, 0.29) is 22.8 Å². The molecule has 0 unspecified atom stereocenters. The second-order valence-electron chi connectivity index (χ2n) is 3.97. The van der Waals surface area contributed by atoms with Crippen LogP contribution in [0.25, 0.3) is 0 Å². The lowest BCUT2D eigenvalue weighted by molar-refractivity contribution is 0.0685. The molecule has 0 aromatic heterocycles. The third-order valence-corrected chi connectivity index (χ3v) is 3.25. The summed E-state index contributed by atoms with van der Waals surface area (Å²) in [6.45, 7) is 3.06. The molecular formula is C12H17NO6S. The molecule has 8 heteroatoms. The van der Waals surface area contributed by atoms with E-state index in [1.165, 1.54) is 12.1 Å². The zero-order valence-corrected chi connectivity index (χ0v) is 11.9. The number of hydrogen-bond donors (Lipinski definition) is 2. The molecule has 0 aliphatic rings. The van der Waals surface area contributed by atoms with Gasteiger partial charge in [-0.25, -0.2) is 18.4 Å².